The molecule has 5 heteroatoms. The van der Waals surface area contributed by atoms with E-state index in [0.717, 1.165) is 0 Å². The average Bonchev–Trinajstić information content (AvgIpc) is 3.83. The van der Waals surface area contributed by atoms with Gasteiger partial charge in [0.2, 0.25) is 0 Å². The van der Waals surface area contributed by atoms with Gasteiger partial charge in [-0.15, -0.1) is 21.4 Å². The van der Waals surface area contributed by atoms with Crippen LogP contribution in [-0.4, -0.2) is 11.3 Å². The molecule has 2 nitrogen and oxygen atoms in total. The Hall–Kier alpha value is -6.53. The van der Waals surface area contributed by atoms with E-state index in [1.165, 1.54) is 111 Å². The average molecular weight is 759 g/mol. The van der Waals surface area contributed by atoms with Crippen molar-refractivity contribution in [2.45, 2.75) is 19.6 Å². The van der Waals surface area contributed by atoms with E-state index in [-0.39, 0.29) is 6.85 Å². The molecule has 0 fully saturated rings. The second kappa shape index (κ2) is 10.9. The number of rotatable bonds is 2. The molecule has 264 valence electrons. The summed E-state index contributed by atoms with van der Waals surface area (Å²) in [7, 11) is -1.93. The van der Waals surface area contributed by atoms with Crippen molar-refractivity contribution in [2.75, 3.05) is 4.90 Å². The number of nitrogens with zero attached hydrogens (tertiary/aromatic N) is 2. The predicted molar refractivity (Wildman–Crippen MR) is 244 cm³/mol. The van der Waals surface area contributed by atoms with Crippen molar-refractivity contribution in [1.29, 1.82) is 0 Å². The summed E-state index contributed by atoms with van der Waals surface area (Å²) in [6, 6.07) is 71.6. The molecule has 11 aromatic rings. The van der Waals surface area contributed by atoms with E-state index in [9.17, 15) is 0 Å². The van der Waals surface area contributed by atoms with Crippen molar-refractivity contribution in [3.8, 4) is 11.1 Å². The van der Waals surface area contributed by atoms with Crippen LogP contribution in [0.5, 0.6) is 0 Å². The minimum absolute atomic E-state index is 0.0366. The molecule has 0 unspecified atom stereocenters. The topological polar surface area (TPSA) is 8.17 Å². The molecule has 3 aliphatic rings. The van der Waals surface area contributed by atoms with Crippen LogP contribution in [0.25, 0.3) is 63.9 Å². The number of benzene rings is 9. The zero-order valence-corrected chi connectivity index (χ0v) is 32.3. The lowest BCUT2D eigenvalue weighted by molar-refractivity contribution is 1.12. The molecule has 0 saturated heterocycles. The van der Waals surface area contributed by atoms with Gasteiger partial charge < -0.3 is 9.38 Å². The lowest BCUT2D eigenvalue weighted by Gasteiger charge is -2.53. The second-order valence-electron chi connectivity index (χ2n) is 15.6. The molecule has 0 saturated carbocycles. The molecule has 0 aliphatic carbocycles. The highest BCUT2D eigenvalue weighted by molar-refractivity contribution is 8.34. The molecule has 0 amide bonds. The third-order valence-electron chi connectivity index (χ3n) is 12.9. The van der Waals surface area contributed by atoms with Crippen molar-refractivity contribution in [1.82, 2.24) is 4.48 Å². The van der Waals surface area contributed by atoms with Gasteiger partial charge in [-0.3, -0.25) is 0 Å². The monoisotopic (exact) mass is 758 g/mol. The zero-order chi connectivity index (χ0) is 37.0. The lowest BCUT2D eigenvalue weighted by Crippen LogP contribution is -2.57. The molecule has 0 spiro atoms. The smallest absolute Gasteiger partial charge is 0.333 e. The van der Waals surface area contributed by atoms with Crippen LogP contribution in [0.15, 0.2) is 208 Å². The third kappa shape index (κ3) is 3.62. The molecule has 3 aliphatic heterocycles. The van der Waals surface area contributed by atoms with E-state index in [0.29, 0.717) is 0 Å². The van der Waals surface area contributed by atoms with Crippen molar-refractivity contribution >= 4 is 109 Å². The van der Waals surface area contributed by atoms with Crippen LogP contribution >= 0.6 is 21.4 Å². The molecule has 9 aromatic carbocycles. The molecule has 0 atom stereocenters. The summed E-state index contributed by atoms with van der Waals surface area (Å²) in [6.07, 6.45) is 0. The van der Waals surface area contributed by atoms with Gasteiger partial charge in [0.15, 0.2) is 0 Å². The molecule has 0 N–H and O–H groups in total. The van der Waals surface area contributed by atoms with Crippen LogP contribution < -0.4 is 15.8 Å². The SMILES string of the molecule is c1ccc(S2(c3ccccc3)c3ccccc3N3c4c(cccc42)B2c4c(cc5c(sc6ccccc65)c43)-c3cccc4c5ccc6ccccc6c5n2c34)cc1. The summed E-state index contributed by atoms with van der Waals surface area (Å²) in [4.78, 5) is 8.21. The fourth-order valence-corrected chi connectivity index (χ4v) is 16.3. The normalized spacial score (nSPS) is 14.9. The first kappa shape index (κ1) is 30.7. The Morgan fingerprint density at radius 3 is 1.96 bits per heavy atom. The Balaban J connectivity index is 1.24. The van der Waals surface area contributed by atoms with Crippen molar-refractivity contribution < 1.29 is 0 Å². The zero-order valence-electron chi connectivity index (χ0n) is 30.7. The summed E-state index contributed by atoms with van der Waals surface area (Å²) < 4.78 is 5.44. The molecule has 0 radical (unpaired) electrons. The third-order valence-corrected chi connectivity index (χ3v) is 18.1. The first-order valence-electron chi connectivity index (χ1n) is 19.7. The number of aromatic nitrogens is 1. The molecule has 14 rings (SSSR count). The highest BCUT2D eigenvalue weighted by atomic mass is 32.3. The molecular formula is C52H31BN2S2. The fourth-order valence-electron chi connectivity index (χ4n) is 10.9. The maximum absolute atomic E-state index is 2.75. The van der Waals surface area contributed by atoms with Gasteiger partial charge in [-0.2, -0.15) is 0 Å². The quantitative estimate of drug-likeness (QED) is 0.159. The highest BCUT2D eigenvalue weighted by Gasteiger charge is 2.51. The van der Waals surface area contributed by atoms with E-state index in [1.807, 2.05) is 11.3 Å². The molecule has 0 bridgehead atoms. The fraction of sp³-hybridized carbons (Fsp3) is 0. The summed E-state index contributed by atoms with van der Waals surface area (Å²) >= 11 is 1.95. The van der Waals surface area contributed by atoms with Crippen LogP contribution in [0.3, 0.4) is 0 Å². The van der Waals surface area contributed by atoms with Gasteiger partial charge in [-0.05, 0) is 76.5 Å². The lowest BCUT2D eigenvalue weighted by atomic mass is 9.45. The molecule has 2 aromatic heterocycles. The highest BCUT2D eigenvalue weighted by Crippen LogP contribution is 2.79. The minimum atomic E-state index is -1.93. The van der Waals surface area contributed by atoms with Crippen LogP contribution in [-0.2, 0) is 0 Å². The second-order valence-corrected chi connectivity index (χ2v) is 19.7. The van der Waals surface area contributed by atoms with Crippen molar-refractivity contribution in [3.63, 3.8) is 0 Å². The van der Waals surface area contributed by atoms with Crippen LogP contribution in [0, 0.1) is 0 Å². The van der Waals surface area contributed by atoms with E-state index in [4.69, 9.17) is 0 Å². The summed E-state index contributed by atoms with van der Waals surface area (Å²) in [5, 5.41) is 7.88. The largest absolute Gasteiger partial charge is 0.375 e. The minimum Gasteiger partial charge on any atom is -0.375 e. The Bertz CT molecular complexity index is 3510. The maximum atomic E-state index is 2.75. The standard InChI is InChI=1S/C52H31BN2S2/c1-3-16-33(17-4-1)57(34-18-5-2-6-19-34)45-27-12-10-25-43(45)54-50-42(24-14-28-46(50)57)53-47-40(31-41-36-21-9-11-26-44(36)56-52(41)51(47)54)38-23-13-22-37-39-30-29-32-15-7-8-20-35(32)48(39)55(53)49(37)38/h1-31H. The van der Waals surface area contributed by atoms with Gasteiger partial charge >= 0.3 is 6.85 Å². The van der Waals surface area contributed by atoms with Gasteiger partial charge in [0.1, 0.15) is 0 Å². The Kier molecular flexibility index (Phi) is 5.84. The predicted octanol–water partition coefficient (Wildman–Crippen LogP) is 13.4. The Morgan fingerprint density at radius 1 is 0.456 bits per heavy atom. The summed E-state index contributed by atoms with van der Waals surface area (Å²) in [5.74, 6) is 0. The van der Waals surface area contributed by atoms with E-state index < -0.39 is 10.0 Å². The first-order chi connectivity index (χ1) is 28.3. The molecule has 57 heavy (non-hydrogen) atoms. The van der Waals surface area contributed by atoms with Crippen LogP contribution in [0.2, 0.25) is 0 Å². The maximum Gasteiger partial charge on any atom is 0.333 e. The van der Waals surface area contributed by atoms with Gasteiger partial charge in [-0.1, -0.05) is 133 Å². The number of hydrogen-bond donors (Lipinski definition) is 0. The van der Waals surface area contributed by atoms with Crippen LogP contribution in [0.4, 0.5) is 17.1 Å². The first-order valence-corrected chi connectivity index (χ1v) is 22.2. The van der Waals surface area contributed by atoms with E-state index >= 15 is 0 Å². The number of hydrogen-bond acceptors (Lipinski definition) is 2. The van der Waals surface area contributed by atoms with E-state index in [1.54, 1.807) is 0 Å². The number of thiophene rings is 1. The van der Waals surface area contributed by atoms with Gasteiger partial charge in [-0.25, -0.2) is 0 Å². The molecular weight excluding hydrogens is 728 g/mol. The van der Waals surface area contributed by atoms with Gasteiger partial charge in [0.05, 0.1) is 21.8 Å². The van der Waals surface area contributed by atoms with Gasteiger partial charge in [0.25, 0.3) is 0 Å². The Morgan fingerprint density at radius 2 is 1.12 bits per heavy atom. The number of fused-ring (bicyclic) bond motifs is 15. The summed E-state index contributed by atoms with van der Waals surface area (Å²) in [6.45, 7) is -0.0366. The van der Waals surface area contributed by atoms with Crippen LogP contribution in [0.1, 0.15) is 0 Å². The summed E-state index contributed by atoms with van der Waals surface area (Å²) in [5.41, 5.74) is 12.0. The van der Waals surface area contributed by atoms with Gasteiger partial charge in [0, 0.05) is 67.8 Å². The molecule has 5 heterocycles. The number of anilines is 3. The number of para-hydroxylation sites is 3. The van der Waals surface area contributed by atoms with Crippen molar-refractivity contribution in [2.24, 2.45) is 0 Å². The van der Waals surface area contributed by atoms with E-state index in [2.05, 4.69) is 197 Å². The van der Waals surface area contributed by atoms with Crippen molar-refractivity contribution in [3.05, 3.63) is 188 Å². The Labute approximate surface area is 335 Å².